The summed E-state index contributed by atoms with van der Waals surface area (Å²) in [4.78, 5) is 13.6. The Bertz CT molecular complexity index is 1340. The lowest BCUT2D eigenvalue weighted by Crippen LogP contribution is -2.18. The van der Waals surface area contributed by atoms with Gasteiger partial charge in [0.05, 0.1) is 24.8 Å². The van der Waals surface area contributed by atoms with Gasteiger partial charge in [-0.25, -0.2) is 24.0 Å². The number of halogens is 1. The molecular formula is C25H25FN6O. The number of benzene rings is 1. The van der Waals surface area contributed by atoms with Crippen LogP contribution in [0.1, 0.15) is 52.9 Å². The van der Waals surface area contributed by atoms with Crippen LogP contribution < -0.4 is 4.74 Å². The van der Waals surface area contributed by atoms with Crippen LogP contribution in [0.2, 0.25) is 0 Å². The number of imidazole rings is 1. The fourth-order valence-electron chi connectivity index (χ4n) is 4.34. The van der Waals surface area contributed by atoms with Gasteiger partial charge in [0.15, 0.2) is 5.82 Å². The number of aromatic nitrogens is 6. The van der Waals surface area contributed by atoms with Gasteiger partial charge in [-0.3, -0.25) is 0 Å². The normalized spacial score (nSPS) is 15.7. The van der Waals surface area contributed by atoms with Gasteiger partial charge in [-0.05, 0) is 68.2 Å². The molecule has 7 nitrogen and oxygen atoms in total. The predicted octanol–water partition coefficient (Wildman–Crippen LogP) is 4.72. The van der Waals surface area contributed by atoms with Gasteiger partial charge in [-0.1, -0.05) is 12.1 Å². The summed E-state index contributed by atoms with van der Waals surface area (Å²) >= 11 is 0. The van der Waals surface area contributed by atoms with E-state index in [2.05, 4.69) is 15.1 Å². The van der Waals surface area contributed by atoms with E-state index in [1.165, 1.54) is 6.07 Å². The zero-order valence-corrected chi connectivity index (χ0v) is 18.9. The summed E-state index contributed by atoms with van der Waals surface area (Å²) < 4.78 is 23.5. The van der Waals surface area contributed by atoms with Gasteiger partial charge >= 0.3 is 0 Å². The molecule has 5 rings (SSSR count). The number of methoxy groups -OCH3 is 1. The molecule has 3 aromatic heterocycles. The summed E-state index contributed by atoms with van der Waals surface area (Å²) in [6.45, 7) is 4.58. The van der Waals surface area contributed by atoms with Crippen LogP contribution in [0.3, 0.4) is 0 Å². The van der Waals surface area contributed by atoms with Crippen LogP contribution in [0.15, 0.2) is 42.9 Å². The minimum Gasteiger partial charge on any atom is -0.479 e. The van der Waals surface area contributed by atoms with Crippen LogP contribution >= 0.6 is 0 Å². The Labute approximate surface area is 191 Å². The monoisotopic (exact) mass is 444 g/mol. The second kappa shape index (κ2) is 8.61. The molecule has 4 heterocycles. The van der Waals surface area contributed by atoms with Crippen LogP contribution in [-0.2, 0) is 6.54 Å². The molecule has 33 heavy (non-hydrogen) atoms. The third-order valence-corrected chi connectivity index (χ3v) is 6.02. The second-order valence-electron chi connectivity index (χ2n) is 8.22. The van der Waals surface area contributed by atoms with E-state index in [9.17, 15) is 4.39 Å². The number of pyridine rings is 1. The van der Waals surface area contributed by atoms with E-state index < -0.39 is 0 Å². The molecule has 1 atom stereocenters. The summed E-state index contributed by atoms with van der Waals surface area (Å²) in [6, 6.07) is 9.12. The molecule has 0 spiro atoms. The maximum Gasteiger partial charge on any atom is 0.238 e. The molecule has 8 heteroatoms. The first-order valence-electron chi connectivity index (χ1n) is 11.0. The summed E-state index contributed by atoms with van der Waals surface area (Å²) in [6.07, 6.45) is 9.29. The van der Waals surface area contributed by atoms with Crippen molar-refractivity contribution in [1.29, 1.82) is 0 Å². The Morgan fingerprint density at radius 1 is 1.12 bits per heavy atom. The van der Waals surface area contributed by atoms with E-state index >= 15 is 0 Å². The molecule has 0 fully saturated rings. The van der Waals surface area contributed by atoms with E-state index in [1.54, 1.807) is 19.5 Å². The van der Waals surface area contributed by atoms with Gasteiger partial charge in [0, 0.05) is 18.7 Å². The second-order valence-corrected chi connectivity index (χ2v) is 8.22. The molecule has 0 aliphatic carbocycles. The fraction of sp³-hybridized carbons (Fsp3) is 0.280. The summed E-state index contributed by atoms with van der Waals surface area (Å²) in [7, 11) is 1.60. The molecule has 0 radical (unpaired) electrons. The molecule has 0 bridgehead atoms. The van der Waals surface area contributed by atoms with Gasteiger partial charge in [0.1, 0.15) is 17.3 Å². The number of hydrogen-bond donors (Lipinski definition) is 0. The summed E-state index contributed by atoms with van der Waals surface area (Å²) in [5.41, 5.74) is 4.13. The van der Waals surface area contributed by atoms with Gasteiger partial charge in [0.25, 0.3) is 0 Å². The Morgan fingerprint density at radius 2 is 2.00 bits per heavy atom. The average Bonchev–Trinajstić information content (AvgIpc) is 3.45. The Morgan fingerprint density at radius 3 is 2.79 bits per heavy atom. The van der Waals surface area contributed by atoms with Gasteiger partial charge in [0.2, 0.25) is 5.88 Å². The molecule has 0 unspecified atom stereocenters. The molecule has 0 N–H and O–H groups in total. The van der Waals surface area contributed by atoms with Crippen molar-refractivity contribution in [2.75, 3.05) is 7.11 Å². The van der Waals surface area contributed by atoms with Crippen LogP contribution in [0.4, 0.5) is 4.39 Å². The maximum atomic E-state index is 14.1. The number of ether oxygens (including phenoxy) is 1. The minimum absolute atomic E-state index is 0.0419. The highest BCUT2D eigenvalue weighted by atomic mass is 19.1. The molecule has 1 aliphatic heterocycles. The maximum absolute atomic E-state index is 14.1. The first-order chi connectivity index (χ1) is 16.0. The molecule has 1 aliphatic rings. The zero-order chi connectivity index (χ0) is 22.9. The first-order valence-corrected chi connectivity index (χ1v) is 11.0. The van der Waals surface area contributed by atoms with E-state index in [4.69, 9.17) is 9.72 Å². The molecule has 4 aromatic rings. The smallest absolute Gasteiger partial charge is 0.238 e. The predicted molar refractivity (Wildman–Crippen MR) is 124 cm³/mol. The van der Waals surface area contributed by atoms with Crippen LogP contribution in [0.25, 0.3) is 17.8 Å². The minimum atomic E-state index is -0.182. The van der Waals surface area contributed by atoms with Crippen molar-refractivity contribution in [2.45, 2.75) is 39.2 Å². The Balaban J connectivity index is 1.42. The summed E-state index contributed by atoms with van der Waals surface area (Å²) in [5, 5.41) is 4.66. The molecule has 1 aromatic carbocycles. The van der Waals surface area contributed by atoms with Crippen molar-refractivity contribution in [3.05, 3.63) is 82.8 Å². The van der Waals surface area contributed by atoms with Crippen molar-refractivity contribution in [3.8, 4) is 11.6 Å². The first kappa shape index (κ1) is 21.1. The van der Waals surface area contributed by atoms with E-state index in [0.29, 0.717) is 17.3 Å². The van der Waals surface area contributed by atoms with Gasteiger partial charge in [-0.2, -0.15) is 5.10 Å². The number of nitrogens with zero attached hydrogens (tertiary/aromatic N) is 6. The standard InChI is InChI=1S/C25H25FN6O/c1-16-14-31(15-27-16)22-11-9-18(28-25(22)33-3)10-12-23-29-24-20(7-5-13-32(24)30-23)19-6-4-8-21(26)17(19)2/h4,6,8-12,14-15,20H,5,7,13H2,1-3H3/b12-10+/t20-/m0/s1. The van der Waals surface area contributed by atoms with E-state index in [1.807, 2.05) is 59.6 Å². The number of rotatable bonds is 5. The van der Waals surface area contributed by atoms with Crippen LogP contribution in [-0.4, -0.2) is 36.4 Å². The van der Waals surface area contributed by atoms with E-state index in [0.717, 1.165) is 47.8 Å². The van der Waals surface area contributed by atoms with Crippen molar-refractivity contribution >= 4 is 12.2 Å². The van der Waals surface area contributed by atoms with E-state index in [-0.39, 0.29) is 11.7 Å². The Kier molecular flexibility index (Phi) is 5.50. The lowest BCUT2D eigenvalue weighted by molar-refractivity contribution is 0.395. The molecule has 0 amide bonds. The summed E-state index contributed by atoms with van der Waals surface area (Å²) in [5.74, 6) is 1.86. The molecule has 0 saturated heterocycles. The lowest BCUT2D eigenvalue weighted by atomic mass is 9.88. The third-order valence-electron chi connectivity index (χ3n) is 6.02. The molecule has 168 valence electrons. The largest absolute Gasteiger partial charge is 0.479 e. The number of aryl methyl sites for hydroxylation is 2. The van der Waals surface area contributed by atoms with Crippen LogP contribution in [0, 0.1) is 19.7 Å². The molecule has 0 saturated carbocycles. The van der Waals surface area contributed by atoms with Gasteiger partial charge in [-0.15, -0.1) is 0 Å². The highest BCUT2D eigenvalue weighted by Gasteiger charge is 2.27. The third kappa shape index (κ3) is 4.04. The van der Waals surface area contributed by atoms with Crippen LogP contribution in [0.5, 0.6) is 5.88 Å². The number of hydrogen-bond acceptors (Lipinski definition) is 5. The molecular weight excluding hydrogens is 419 g/mol. The quantitative estimate of drug-likeness (QED) is 0.446. The Hall–Kier alpha value is -3.81. The van der Waals surface area contributed by atoms with Gasteiger partial charge < -0.3 is 9.30 Å². The number of fused-ring (bicyclic) bond motifs is 1. The highest BCUT2D eigenvalue weighted by Crippen LogP contribution is 2.34. The fourth-order valence-corrected chi connectivity index (χ4v) is 4.34. The topological polar surface area (TPSA) is 70.7 Å². The lowest BCUT2D eigenvalue weighted by Gasteiger charge is -2.23. The van der Waals surface area contributed by atoms with Crippen molar-refractivity contribution < 1.29 is 9.13 Å². The van der Waals surface area contributed by atoms with Crippen molar-refractivity contribution in [2.24, 2.45) is 0 Å². The zero-order valence-electron chi connectivity index (χ0n) is 18.9. The highest BCUT2D eigenvalue weighted by molar-refractivity contribution is 5.65. The SMILES string of the molecule is COc1nc(/C=C/c2nc3n(n2)CCC[C@H]3c2cccc(F)c2C)ccc1-n1cnc(C)c1. The average molecular weight is 445 g/mol. The van der Waals surface area contributed by atoms with Crippen molar-refractivity contribution in [1.82, 2.24) is 29.3 Å². The van der Waals surface area contributed by atoms with Crippen molar-refractivity contribution in [3.63, 3.8) is 0 Å².